The van der Waals surface area contributed by atoms with Crippen LogP contribution in [-0.4, -0.2) is 39.4 Å². The largest absolute Gasteiger partial charge is 0.392 e. The average molecular weight is 334 g/mol. The van der Waals surface area contributed by atoms with Gasteiger partial charge < -0.3 is 15.3 Å². The van der Waals surface area contributed by atoms with Crippen molar-refractivity contribution in [3.8, 4) is 0 Å². The summed E-state index contributed by atoms with van der Waals surface area (Å²) < 4.78 is 0. The molecule has 3 N–H and O–H groups in total. The predicted octanol–water partition coefficient (Wildman–Crippen LogP) is 2.07. The summed E-state index contributed by atoms with van der Waals surface area (Å²) in [5, 5.41) is 33.2. The van der Waals surface area contributed by atoms with Gasteiger partial charge in [-0.2, -0.15) is 0 Å². The quantitative estimate of drug-likeness (QED) is 0.593. The summed E-state index contributed by atoms with van der Waals surface area (Å²) in [6.07, 6.45) is 1.14. The molecule has 4 aliphatic carbocycles. The van der Waals surface area contributed by atoms with E-state index in [1.54, 1.807) is 0 Å². The molecule has 0 aliphatic heterocycles. The molecule has 0 heterocycles. The van der Waals surface area contributed by atoms with E-state index in [1.165, 1.54) is 0 Å². The van der Waals surface area contributed by atoms with Gasteiger partial charge in [-0.25, -0.2) is 0 Å². The highest BCUT2D eigenvalue weighted by molar-refractivity contribution is 5.85. The van der Waals surface area contributed by atoms with Crippen molar-refractivity contribution in [3.05, 3.63) is 12.2 Å². The first kappa shape index (κ1) is 16.7. The molecule has 4 rings (SSSR count). The first-order valence-corrected chi connectivity index (χ1v) is 9.35. The van der Waals surface area contributed by atoms with Gasteiger partial charge in [0.2, 0.25) is 0 Å². The molecule has 0 radical (unpaired) electrons. The minimum atomic E-state index is -0.901. The fraction of sp³-hybridized carbons (Fsp3) is 0.850. The number of rotatable bonds is 0. The number of carbonyl (C=O) groups is 1. The fourth-order valence-corrected chi connectivity index (χ4v) is 7.39. The molecule has 1 spiro atoms. The van der Waals surface area contributed by atoms with E-state index in [-0.39, 0.29) is 29.0 Å². The van der Waals surface area contributed by atoms with E-state index in [0.717, 1.165) is 19.3 Å². The van der Waals surface area contributed by atoms with E-state index in [0.29, 0.717) is 18.4 Å². The van der Waals surface area contributed by atoms with Crippen LogP contribution in [0.25, 0.3) is 0 Å². The van der Waals surface area contributed by atoms with Crippen LogP contribution < -0.4 is 0 Å². The minimum absolute atomic E-state index is 0.0200. The Balaban J connectivity index is 1.87. The van der Waals surface area contributed by atoms with E-state index in [9.17, 15) is 20.1 Å². The maximum atomic E-state index is 12.5. The molecule has 0 amide bonds. The third kappa shape index (κ3) is 1.59. The van der Waals surface area contributed by atoms with E-state index in [4.69, 9.17) is 0 Å². The van der Waals surface area contributed by atoms with Gasteiger partial charge in [-0.05, 0) is 48.5 Å². The van der Waals surface area contributed by atoms with Crippen LogP contribution in [-0.2, 0) is 4.79 Å². The van der Waals surface area contributed by atoms with Crippen LogP contribution in [0.3, 0.4) is 0 Å². The lowest BCUT2D eigenvalue weighted by molar-refractivity contribution is -0.248. The minimum Gasteiger partial charge on any atom is -0.392 e. The Morgan fingerprint density at radius 2 is 1.75 bits per heavy atom. The van der Waals surface area contributed by atoms with Gasteiger partial charge in [0.1, 0.15) is 5.78 Å². The number of Topliss-reactive ketones (excluding diaryl/α,β-unsaturated/α-hetero) is 1. The Kier molecular flexibility index (Phi) is 3.29. The summed E-state index contributed by atoms with van der Waals surface area (Å²) in [6, 6.07) is 0. The number of fused-ring (bicyclic) bond motifs is 3. The Bertz CT molecular complexity index is 611. The zero-order chi connectivity index (χ0) is 17.7. The van der Waals surface area contributed by atoms with E-state index in [2.05, 4.69) is 13.5 Å². The molecule has 0 aromatic rings. The number of aliphatic hydroxyl groups excluding tert-OH is 3. The van der Waals surface area contributed by atoms with E-state index >= 15 is 0 Å². The molecule has 8 atom stereocenters. The third-order valence-electron chi connectivity index (χ3n) is 8.67. The summed E-state index contributed by atoms with van der Waals surface area (Å²) in [4.78, 5) is 12.5. The Hall–Kier alpha value is -0.710. The smallest absolute Gasteiger partial charge is 0.138 e. The van der Waals surface area contributed by atoms with Crippen LogP contribution in [0.2, 0.25) is 0 Å². The molecular weight excluding hydrogens is 304 g/mol. The molecule has 0 aromatic carbocycles. The molecule has 4 heteroatoms. The lowest BCUT2D eigenvalue weighted by Gasteiger charge is -2.65. The lowest BCUT2D eigenvalue weighted by atomic mass is 9.39. The van der Waals surface area contributed by atoms with Crippen LogP contribution in [0.4, 0.5) is 0 Å². The molecule has 24 heavy (non-hydrogen) atoms. The van der Waals surface area contributed by atoms with Crippen molar-refractivity contribution in [3.63, 3.8) is 0 Å². The Morgan fingerprint density at radius 1 is 1.08 bits per heavy atom. The van der Waals surface area contributed by atoms with Gasteiger partial charge in [-0.1, -0.05) is 27.4 Å². The van der Waals surface area contributed by atoms with Gasteiger partial charge in [-0.3, -0.25) is 4.79 Å². The van der Waals surface area contributed by atoms with Gasteiger partial charge in [0.25, 0.3) is 0 Å². The van der Waals surface area contributed by atoms with Crippen molar-refractivity contribution in [1.29, 1.82) is 0 Å². The van der Waals surface area contributed by atoms with Crippen molar-refractivity contribution >= 4 is 5.78 Å². The summed E-state index contributed by atoms with van der Waals surface area (Å²) in [6.45, 7) is 10.3. The zero-order valence-corrected chi connectivity index (χ0v) is 15.0. The van der Waals surface area contributed by atoms with Gasteiger partial charge in [-0.15, -0.1) is 0 Å². The van der Waals surface area contributed by atoms with Gasteiger partial charge >= 0.3 is 0 Å². The van der Waals surface area contributed by atoms with Crippen molar-refractivity contribution in [2.45, 2.75) is 71.2 Å². The van der Waals surface area contributed by atoms with E-state index < -0.39 is 29.1 Å². The molecule has 2 unspecified atom stereocenters. The van der Waals surface area contributed by atoms with Crippen molar-refractivity contribution in [1.82, 2.24) is 0 Å². The second-order valence-electron chi connectivity index (χ2n) is 9.61. The number of aliphatic hydroxyl groups is 3. The van der Waals surface area contributed by atoms with Gasteiger partial charge in [0, 0.05) is 17.8 Å². The maximum absolute atomic E-state index is 12.5. The molecule has 0 aromatic heterocycles. The highest BCUT2D eigenvalue weighted by atomic mass is 16.3. The van der Waals surface area contributed by atoms with Crippen LogP contribution in [0.15, 0.2) is 12.2 Å². The molecule has 4 fully saturated rings. The van der Waals surface area contributed by atoms with Crippen molar-refractivity contribution in [2.24, 2.45) is 34.0 Å². The second-order valence-corrected chi connectivity index (χ2v) is 9.61. The zero-order valence-electron chi connectivity index (χ0n) is 15.0. The van der Waals surface area contributed by atoms with Crippen LogP contribution in [0, 0.1) is 34.0 Å². The topological polar surface area (TPSA) is 77.8 Å². The van der Waals surface area contributed by atoms with Crippen molar-refractivity contribution < 1.29 is 20.1 Å². The van der Waals surface area contributed by atoms with Crippen LogP contribution >= 0.6 is 0 Å². The van der Waals surface area contributed by atoms with Gasteiger partial charge in [0.05, 0.1) is 23.7 Å². The SMILES string of the molecule is C=C1C(O)C23[C@H](O)C[C@@H]4C(C)(C)C(=O)CC[C@@]4(C)[C@@H]2CC[C@@H]1[C@H]3O. The standard InChI is InChI=1S/C20H30O4/c1-10-11-5-6-12-19(4)8-7-14(21)18(2,3)13(19)9-15(22)20(12,16(10)23)17(11)24/h11-13,15-17,22-24H,1,5-9H2,2-4H3/t11-,12-,13+,15+,16?,17+,19-,20?/m0/s1. The molecule has 4 aliphatic rings. The third-order valence-corrected chi connectivity index (χ3v) is 8.67. The van der Waals surface area contributed by atoms with Gasteiger partial charge in [0.15, 0.2) is 0 Å². The first-order chi connectivity index (χ1) is 11.1. The maximum Gasteiger partial charge on any atom is 0.138 e. The Labute approximate surface area is 144 Å². The van der Waals surface area contributed by atoms with Crippen molar-refractivity contribution in [2.75, 3.05) is 0 Å². The fourth-order valence-electron chi connectivity index (χ4n) is 7.39. The molecule has 134 valence electrons. The first-order valence-electron chi connectivity index (χ1n) is 9.35. The normalized spacial score (nSPS) is 55.9. The number of carbonyl (C=O) groups excluding carboxylic acids is 1. The summed E-state index contributed by atoms with van der Waals surface area (Å²) in [5.74, 6) is 0.274. The number of hydrogen-bond acceptors (Lipinski definition) is 4. The molecule has 2 bridgehead atoms. The second kappa shape index (κ2) is 4.72. The predicted molar refractivity (Wildman–Crippen MR) is 90.0 cm³/mol. The molecule has 4 saturated carbocycles. The number of hydrogen-bond donors (Lipinski definition) is 3. The highest BCUT2D eigenvalue weighted by Crippen LogP contribution is 2.71. The lowest BCUT2D eigenvalue weighted by Crippen LogP contribution is -2.68. The van der Waals surface area contributed by atoms with E-state index in [1.807, 2.05) is 13.8 Å². The van der Waals surface area contributed by atoms with Crippen LogP contribution in [0.5, 0.6) is 0 Å². The summed E-state index contributed by atoms with van der Waals surface area (Å²) in [7, 11) is 0. The average Bonchev–Trinajstić information content (AvgIpc) is 2.64. The summed E-state index contributed by atoms with van der Waals surface area (Å²) in [5.41, 5.74) is -0.814. The number of ketones is 1. The molecule has 0 saturated heterocycles. The monoisotopic (exact) mass is 334 g/mol. The van der Waals surface area contributed by atoms with Crippen LogP contribution in [0.1, 0.15) is 52.9 Å². The Morgan fingerprint density at radius 3 is 2.42 bits per heavy atom. The summed E-state index contributed by atoms with van der Waals surface area (Å²) >= 11 is 0. The molecule has 4 nitrogen and oxygen atoms in total. The highest BCUT2D eigenvalue weighted by Gasteiger charge is 2.73. The molecular formula is C20H30O4.